The van der Waals surface area contributed by atoms with Gasteiger partial charge in [-0.15, -0.1) is 0 Å². The maximum absolute atomic E-state index is 14.2. The highest BCUT2D eigenvalue weighted by Crippen LogP contribution is 2.56. The number of benzene rings is 3. The van der Waals surface area contributed by atoms with Crippen LogP contribution in [0.5, 0.6) is 0 Å². The molecule has 5 nitrogen and oxygen atoms in total. The summed E-state index contributed by atoms with van der Waals surface area (Å²) in [6, 6.07) is 27.9. The number of rotatable bonds is 2. The van der Waals surface area contributed by atoms with Crippen molar-refractivity contribution in [2.45, 2.75) is 49.0 Å². The monoisotopic (exact) mass is 484 g/mol. The molecule has 178 valence electrons. The van der Waals surface area contributed by atoms with Crippen molar-refractivity contribution >= 4 is 34.5 Å². The van der Waals surface area contributed by atoms with Crippen LogP contribution in [-0.4, -0.2) is 34.1 Å². The largest absolute Gasteiger partial charge is 0.443 e. The summed E-state index contributed by atoms with van der Waals surface area (Å²) in [4.78, 5) is 34.6. The zero-order chi connectivity index (χ0) is 24.6. The van der Waals surface area contributed by atoms with Crippen LogP contribution in [0.1, 0.15) is 44.2 Å². The molecule has 2 amide bonds. The van der Waals surface area contributed by atoms with Gasteiger partial charge in [-0.2, -0.15) is 0 Å². The van der Waals surface area contributed by atoms with Crippen LogP contribution in [-0.2, 0) is 14.9 Å². The molecule has 2 atom stereocenters. The minimum Gasteiger partial charge on any atom is -0.443 e. The highest BCUT2D eigenvalue weighted by Gasteiger charge is 2.57. The molecule has 1 fully saturated rings. The topological polar surface area (TPSA) is 59.0 Å². The number of hydrogen-bond acceptors (Lipinski definition) is 5. The number of carbonyl (C=O) groups is 2. The molecule has 0 saturated carbocycles. The van der Waals surface area contributed by atoms with Gasteiger partial charge in [-0.3, -0.25) is 4.79 Å². The van der Waals surface area contributed by atoms with E-state index < -0.39 is 23.0 Å². The van der Waals surface area contributed by atoms with Gasteiger partial charge in [0.2, 0.25) is 5.91 Å². The molecule has 6 heteroatoms. The van der Waals surface area contributed by atoms with Crippen LogP contribution in [0.25, 0.3) is 0 Å². The summed E-state index contributed by atoms with van der Waals surface area (Å²) in [6.07, 6.45) is -0.0356. The van der Waals surface area contributed by atoms with Crippen molar-refractivity contribution in [2.24, 2.45) is 4.99 Å². The summed E-state index contributed by atoms with van der Waals surface area (Å²) in [7, 11) is 0. The van der Waals surface area contributed by atoms with Gasteiger partial charge in [-0.25, -0.2) is 14.7 Å². The van der Waals surface area contributed by atoms with E-state index >= 15 is 0 Å². The number of nitrogens with zero attached hydrogens (tertiary/aromatic N) is 2. The lowest BCUT2D eigenvalue weighted by Crippen LogP contribution is -2.56. The molecule has 0 N–H and O–H groups in total. The van der Waals surface area contributed by atoms with Crippen LogP contribution in [0, 0.1) is 0 Å². The van der Waals surface area contributed by atoms with Crippen LogP contribution < -0.4 is 0 Å². The summed E-state index contributed by atoms with van der Waals surface area (Å²) in [5.41, 5.74) is 1.41. The van der Waals surface area contributed by atoms with Gasteiger partial charge in [0.05, 0.1) is 22.1 Å². The Kier molecular flexibility index (Phi) is 6.01. The summed E-state index contributed by atoms with van der Waals surface area (Å²) < 4.78 is 5.61. The van der Waals surface area contributed by atoms with E-state index in [1.807, 2.05) is 87.5 Å². The normalized spacial score (nSPS) is 21.6. The van der Waals surface area contributed by atoms with Gasteiger partial charge in [0.15, 0.2) is 0 Å². The van der Waals surface area contributed by atoms with Crippen LogP contribution in [0.3, 0.4) is 0 Å². The second-order valence-electron chi connectivity index (χ2n) is 9.88. The molecular formula is C29H28N2O3S. The van der Waals surface area contributed by atoms with Crippen molar-refractivity contribution in [3.63, 3.8) is 0 Å². The summed E-state index contributed by atoms with van der Waals surface area (Å²) in [5.74, 6) is -0.863. The number of likely N-dealkylation sites (tertiary alicyclic amines) is 1. The average Bonchev–Trinajstić information content (AvgIpc) is 3.12. The zero-order valence-electron chi connectivity index (χ0n) is 20.1. The fraction of sp³-hybridized carbons (Fsp3) is 0.276. The second-order valence-corrected chi connectivity index (χ2v) is 10.9. The molecule has 0 aliphatic carbocycles. The molecule has 1 spiro atoms. The highest BCUT2D eigenvalue weighted by atomic mass is 32.2. The number of fused-ring (bicyclic) bond motifs is 2. The first-order chi connectivity index (χ1) is 16.8. The molecule has 2 aliphatic rings. The molecule has 2 aliphatic heterocycles. The molecule has 3 aromatic carbocycles. The van der Waals surface area contributed by atoms with Crippen LogP contribution in [0.2, 0.25) is 0 Å². The van der Waals surface area contributed by atoms with E-state index in [-0.39, 0.29) is 12.5 Å². The van der Waals surface area contributed by atoms with Crippen molar-refractivity contribution in [2.75, 3.05) is 6.54 Å². The summed E-state index contributed by atoms with van der Waals surface area (Å²) in [5, 5.41) is 0.885. The molecule has 3 aromatic rings. The van der Waals surface area contributed by atoms with Crippen LogP contribution in [0.4, 0.5) is 10.5 Å². The average molecular weight is 485 g/mol. The first-order valence-electron chi connectivity index (χ1n) is 11.8. The van der Waals surface area contributed by atoms with Crippen molar-refractivity contribution in [1.82, 2.24) is 4.90 Å². The molecule has 0 unspecified atom stereocenters. The summed E-state index contributed by atoms with van der Waals surface area (Å²) in [6.45, 7) is 5.69. The van der Waals surface area contributed by atoms with Crippen LogP contribution in [0.15, 0.2) is 94.8 Å². The SMILES string of the molecule is CC(C)(C)OC(=O)N1CC[C@]2(C(Sc3ccccc3)=Nc3ccccc32)[C@H](c2ccccc2)C1=O. The Morgan fingerprint density at radius 1 is 0.971 bits per heavy atom. The van der Waals surface area contributed by atoms with Gasteiger partial charge >= 0.3 is 6.09 Å². The molecule has 0 aromatic heterocycles. The van der Waals surface area contributed by atoms with Crippen LogP contribution >= 0.6 is 11.8 Å². The maximum atomic E-state index is 14.2. The zero-order valence-corrected chi connectivity index (χ0v) is 20.9. The Bertz CT molecular complexity index is 1280. The van der Waals surface area contributed by atoms with E-state index in [2.05, 4.69) is 18.2 Å². The third-order valence-corrected chi connectivity index (χ3v) is 7.59. The Balaban J connectivity index is 1.64. The maximum Gasteiger partial charge on any atom is 0.417 e. The lowest BCUT2D eigenvalue weighted by Gasteiger charge is -2.45. The smallest absolute Gasteiger partial charge is 0.417 e. The van der Waals surface area contributed by atoms with Gasteiger partial charge in [0.1, 0.15) is 5.60 Å². The van der Waals surface area contributed by atoms with E-state index in [1.54, 1.807) is 11.8 Å². The lowest BCUT2D eigenvalue weighted by atomic mass is 9.64. The molecular weight excluding hydrogens is 456 g/mol. The molecule has 35 heavy (non-hydrogen) atoms. The number of para-hydroxylation sites is 1. The van der Waals surface area contributed by atoms with Gasteiger partial charge in [-0.1, -0.05) is 78.5 Å². The van der Waals surface area contributed by atoms with Gasteiger partial charge in [0.25, 0.3) is 0 Å². The number of piperidine rings is 1. The number of hydrogen-bond donors (Lipinski definition) is 0. The van der Waals surface area contributed by atoms with E-state index in [1.165, 1.54) is 4.90 Å². The fourth-order valence-electron chi connectivity index (χ4n) is 4.99. The van der Waals surface area contributed by atoms with E-state index in [4.69, 9.17) is 9.73 Å². The first-order valence-corrected chi connectivity index (χ1v) is 12.6. The van der Waals surface area contributed by atoms with Crippen molar-refractivity contribution in [1.29, 1.82) is 0 Å². The Labute approximate surface area is 210 Å². The minimum atomic E-state index is -0.690. The van der Waals surface area contributed by atoms with Gasteiger partial charge in [-0.05, 0) is 56.5 Å². The number of amides is 2. The predicted octanol–water partition coefficient (Wildman–Crippen LogP) is 6.71. The van der Waals surface area contributed by atoms with E-state index in [0.717, 1.165) is 26.8 Å². The van der Waals surface area contributed by atoms with Crippen molar-refractivity contribution in [3.05, 3.63) is 96.1 Å². The quantitative estimate of drug-likeness (QED) is 0.406. The third kappa shape index (κ3) is 4.27. The van der Waals surface area contributed by atoms with Crippen molar-refractivity contribution < 1.29 is 14.3 Å². The number of ether oxygens (including phenoxy) is 1. The predicted molar refractivity (Wildman–Crippen MR) is 139 cm³/mol. The van der Waals surface area contributed by atoms with E-state index in [0.29, 0.717) is 6.42 Å². The fourth-order valence-corrected chi connectivity index (χ4v) is 6.16. The number of carbonyl (C=O) groups excluding carboxylic acids is 2. The summed E-state index contributed by atoms with van der Waals surface area (Å²) >= 11 is 1.60. The molecule has 5 rings (SSSR count). The Morgan fingerprint density at radius 2 is 1.60 bits per heavy atom. The van der Waals surface area contributed by atoms with Crippen molar-refractivity contribution in [3.8, 4) is 0 Å². The molecule has 0 radical (unpaired) electrons. The number of aliphatic imine (C=N–C) groups is 1. The second kappa shape index (κ2) is 9.00. The number of imide groups is 1. The van der Waals surface area contributed by atoms with Gasteiger partial charge in [0, 0.05) is 11.4 Å². The molecule has 1 saturated heterocycles. The highest BCUT2D eigenvalue weighted by molar-refractivity contribution is 8.14. The van der Waals surface area contributed by atoms with Gasteiger partial charge < -0.3 is 4.74 Å². The Morgan fingerprint density at radius 3 is 2.29 bits per heavy atom. The number of thioether (sulfide) groups is 1. The van der Waals surface area contributed by atoms with E-state index in [9.17, 15) is 9.59 Å². The Hall–Kier alpha value is -3.38. The lowest BCUT2D eigenvalue weighted by molar-refractivity contribution is -0.135. The third-order valence-electron chi connectivity index (χ3n) is 6.43. The molecule has 0 bridgehead atoms. The molecule has 2 heterocycles. The first kappa shape index (κ1) is 23.4. The standard InChI is InChI=1S/C29H28N2O3S/c1-28(2,3)34-27(33)31-19-18-29(24(25(31)32)20-12-6-4-7-13-20)22-16-10-11-17-23(22)30-26(29)35-21-14-8-5-9-15-21/h4-17,24H,18-19H2,1-3H3/t24-,29-/m1/s1. The minimum absolute atomic E-state index is 0.255.